The molecule has 1 fully saturated rings. The van der Waals surface area contributed by atoms with Crippen molar-refractivity contribution in [2.75, 3.05) is 13.2 Å². The first-order valence-corrected chi connectivity index (χ1v) is 10.1. The van der Waals surface area contributed by atoms with Crippen LogP contribution >= 0.6 is 0 Å². The Hall–Kier alpha value is -2.24. The van der Waals surface area contributed by atoms with E-state index in [0.717, 1.165) is 0 Å². The van der Waals surface area contributed by atoms with Gasteiger partial charge in [0.2, 0.25) is 0 Å². The molecule has 1 saturated heterocycles. The predicted molar refractivity (Wildman–Crippen MR) is 98.7 cm³/mol. The average Bonchev–Trinajstić information content (AvgIpc) is 3.16. The molecule has 0 spiro atoms. The molecule has 2 aromatic carbocycles. The molecule has 1 aliphatic heterocycles. The van der Waals surface area contributed by atoms with E-state index in [2.05, 4.69) is 6.58 Å². The lowest BCUT2D eigenvalue weighted by molar-refractivity contribution is 0.0850. The summed E-state index contributed by atoms with van der Waals surface area (Å²) >= 11 is 0. The predicted octanol–water partition coefficient (Wildman–Crippen LogP) is 3.39. The Morgan fingerprint density at radius 2 is 1.77 bits per heavy atom. The first-order valence-electron chi connectivity index (χ1n) is 8.66. The van der Waals surface area contributed by atoms with Crippen LogP contribution in [0.5, 0.6) is 0 Å². The standard InChI is InChI=1S/C21H20O4S/c1-2-12-21(26(23,24)15-8-4-3-5-9-15)18-11-7-6-10-16(18)20(22)17-13-25-14-19(17)21/h2-11,17,19H,1,12-14H2/t17-,19+,21+/m1/s1. The van der Waals surface area contributed by atoms with Crippen molar-refractivity contribution in [1.82, 2.24) is 0 Å². The van der Waals surface area contributed by atoms with Gasteiger partial charge in [-0.05, 0) is 24.1 Å². The minimum atomic E-state index is -3.78. The minimum absolute atomic E-state index is 0.0222. The van der Waals surface area contributed by atoms with Crippen LogP contribution in [0, 0.1) is 11.8 Å². The quantitative estimate of drug-likeness (QED) is 0.776. The van der Waals surface area contributed by atoms with Crippen molar-refractivity contribution in [2.45, 2.75) is 16.1 Å². The first kappa shape index (κ1) is 17.2. The van der Waals surface area contributed by atoms with Crippen LogP contribution in [0.2, 0.25) is 0 Å². The Morgan fingerprint density at radius 3 is 2.50 bits per heavy atom. The molecular formula is C21H20O4S. The molecule has 1 heterocycles. The third kappa shape index (κ3) is 2.17. The maximum atomic E-state index is 13.9. The van der Waals surface area contributed by atoms with E-state index in [4.69, 9.17) is 4.74 Å². The van der Waals surface area contributed by atoms with E-state index in [9.17, 15) is 13.2 Å². The van der Waals surface area contributed by atoms with Crippen LogP contribution in [0.1, 0.15) is 22.3 Å². The average molecular weight is 368 g/mol. The van der Waals surface area contributed by atoms with Crippen molar-refractivity contribution < 1.29 is 17.9 Å². The van der Waals surface area contributed by atoms with Crippen molar-refractivity contribution >= 4 is 15.6 Å². The van der Waals surface area contributed by atoms with Gasteiger partial charge in [0, 0.05) is 11.5 Å². The Balaban J connectivity index is 2.07. The van der Waals surface area contributed by atoms with E-state index >= 15 is 0 Å². The van der Waals surface area contributed by atoms with E-state index in [-0.39, 0.29) is 30.3 Å². The molecule has 0 saturated carbocycles. The number of carbonyl (C=O) groups is 1. The fourth-order valence-electron chi connectivity index (χ4n) is 4.48. The van der Waals surface area contributed by atoms with E-state index in [1.807, 2.05) is 0 Å². The van der Waals surface area contributed by atoms with Gasteiger partial charge in [0.05, 0.1) is 24.0 Å². The van der Waals surface area contributed by atoms with Gasteiger partial charge in [0.1, 0.15) is 4.75 Å². The zero-order valence-electron chi connectivity index (χ0n) is 14.3. The minimum Gasteiger partial charge on any atom is -0.380 e. The number of hydrogen-bond acceptors (Lipinski definition) is 4. The molecule has 5 heteroatoms. The number of allylic oxidation sites excluding steroid dienone is 1. The van der Waals surface area contributed by atoms with Crippen LogP contribution in [-0.2, 0) is 19.3 Å². The number of fused-ring (bicyclic) bond motifs is 2. The summed E-state index contributed by atoms with van der Waals surface area (Å²) in [6.45, 7) is 4.34. The van der Waals surface area contributed by atoms with Crippen molar-refractivity contribution in [3.05, 3.63) is 78.4 Å². The maximum Gasteiger partial charge on any atom is 0.188 e. The summed E-state index contributed by atoms with van der Waals surface area (Å²) in [5, 5.41) is 0. The van der Waals surface area contributed by atoms with Gasteiger partial charge in [0.25, 0.3) is 0 Å². The second-order valence-electron chi connectivity index (χ2n) is 6.86. The summed E-state index contributed by atoms with van der Waals surface area (Å²) in [6, 6.07) is 15.5. The number of rotatable bonds is 4. The highest BCUT2D eigenvalue weighted by atomic mass is 32.2. The number of Topliss-reactive ketones (excluding diaryl/α,β-unsaturated/α-hetero) is 1. The Bertz CT molecular complexity index is 965. The number of carbonyl (C=O) groups excluding carboxylic acids is 1. The Labute approximate surface area is 153 Å². The molecule has 0 radical (unpaired) electrons. The molecule has 3 atom stereocenters. The largest absolute Gasteiger partial charge is 0.380 e. The molecule has 0 unspecified atom stereocenters. The van der Waals surface area contributed by atoms with Crippen molar-refractivity contribution in [3.8, 4) is 0 Å². The molecule has 1 aliphatic carbocycles. The lowest BCUT2D eigenvalue weighted by atomic mass is 9.68. The number of hydrogen-bond donors (Lipinski definition) is 0. The van der Waals surface area contributed by atoms with Crippen LogP contribution in [0.3, 0.4) is 0 Å². The molecule has 0 N–H and O–H groups in total. The summed E-state index contributed by atoms with van der Waals surface area (Å²) in [4.78, 5) is 13.2. The number of ketones is 1. The molecule has 0 amide bonds. The monoisotopic (exact) mass is 368 g/mol. The molecule has 2 aromatic rings. The number of sulfone groups is 1. The van der Waals surface area contributed by atoms with Crippen molar-refractivity contribution in [2.24, 2.45) is 11.8 Å². The van der Waals surface area contributed by atoms with Gasteiger partial charge < -0.3 is 4.74 Å². The van der Waals surface area contributed by atoms with Crippen molar-refractivity contribution in [3.63, 3.8) is 0 Å². The van der Waals surface area contributed by atoms with Crippen LogP contribution in [0.4, 0.5) is 0 Å². The molecule has 26 heavy (non-hydrogen) atoms. The topological polar surface area (TPSA) is 60.4 Å². The summed E-state index contributed by atoms with van der Waals surface area (Å²) in [5.74, 6) is -0.887. The summed E-state index contributed by atoms with van der Waals surface area (Å²) in [5.41, 5.74) is 1.06. The Morgan fingerprint density at radius 1 is 1.08 bits per heavy atom. The summed E-state index contributed by atoms with van der Waals surface area (Å²) in [6.07, 6.45) is 1.88. The second kappa shape index (κ2) is 6.18. The lowest BCUT2D eigenvalue weighted by Gasteiger charge is -2.44. The van der Waals surface area contributed by atoms with Gasteiger partial charge in [-0.3, -0.25) is 4.79 Å². The zero-order chi connectivity index (χ0) is 18.4. The fraction of sp³-hybridized carbons (Fsp3) is 0.286. The highest BCUT2D eigenvalue weighted by Gasteiger charge is 2.60. The number of benzene rings is 2. The lowest BCUT2D eigenvalue weighted by Crippen LogP contribution is -2.51. The second-order valence-corrected chi connectivity index (χ2v) is 9.07. The highest BCUT2D eigenvalue weighted by Crippen LogP contribution is 2.54. The van der Waals surface area contributed by atoms with Gasteiger partial charge in [-0.1, -0.05) is 48.5 Å². The van der Waals surface area contributed by atoms with Gasteiger partial charge in [0.15, 0.2) is 15.6 Å². The summed E-state index contributed by atoms with van der Waals surface area (Å²) in [7, 11) is -3.78. The smallest absolute Gasteiger partial charge is 0.188 e. The van der Waals surface area contributed by atoms with Crippen LogP contribution in [0.15, 0.2) is 72.1 Å². The van der Waals surface area contributed by atoms with Crippen LogP contribution in [0.25, 0.3) is 0 Å². The molecule has 2 aliphatic rings. The molecular weight excluding hydrogens is 348 g/mol. The SMILES string of the molecule is C=CC[C@]1(S(=O)(=O)c2ccccc2)c2ccccc2C(=O)[C@@H]2COC[C@@H]21. The van der Waals surface area contributed by atoms with Gasteiger partial charge in [-0.25, -0.2) is 8.42 Å². The molecule has 134 valence electrons. The molecule has 4 rings (SSSR count). The van der Waals surface area contributed by atoms with Gasteiger partial charge in [-0.2, -0.15) is 0 Å². The fourth-order valence-corrected chi connectivity index (χ4v) is 6.85. The van der Waals surface area contributed by atoms with Gasteiger partial charge in [-0.15, -0.1) is 6.58 Å². The first-order chi connectivity index (χ1) is 12.5. The highest BCUT2D eigenvalue weighted by molar-refractivity contribution is 7.92. The molecule has 4 nitrogen and oxygen atoms in total. The van der Waals surface area contributed by atoms with Gasteiger partial charge >= 0.3 is 0 Å². The van der Waals surface area contributed by atoms with E-state index in [1.165, 1.54) is 0 Å². The summed E-state index contributed by atoms with van der Waals surface area (Å²) < 4.78 is 32.2. The van der Waals surface area contributed by atoms with Crippen LogP contribution in [-0.4, -0.2) is 27.4 Å². The van der Waals surface area contributed by atoms with E-state index in [0.29, 0.717) is 11.1 Å². The van der Waals surface area contributed by atoms with E-state index in [1.54, 1.807) is 60.7 Å². The third-order valence-corrected chi connectivity index (χ3v) is 8.19. The third-order valence-electron chi connectivity index (χ3n) is 5.65. The molecule has 0 bridgehead atoms. The zero-order valence-corrected chi connectivity index (χ0v) is 15.1. The van der Waals surface area contributed by atoms with Crippen LogP contribution < -0.4 is 0 Å². The van der Waals surface area contributed by atoms with Crippen molar-refractivity contribution in [1.29, 1.82) is 0 Å². The van der Waals surface area contributed by atoms with E-state index < -0.39 is 26.4 Å². The Kier molecular flexibility index (Phi) is 4.09. The normalized spacial score (nSPS) is 27.6. The maximum absolute atomic E-state index is 13.9. The number of ether oxygens (including phenoxy) is 1. The molecule has 0 aromatic heterocycles.